The van der Waals surface area contributed by atoms with E-state index in [1.54, 1.807) is 26.9 Å². The molecule has 3 heterocycles. The Hall–Kier alpha value is -2.67. The molecule has 2 unspecified atom stereocenters. The minimum Gasteiger partial charge on any atom is -0.338 e. The van der Waals surface area contributed by atoms with Gasteiger partial charge in [0, 0.05) is 18.1 Å². The first-order chi connectivity index (χ1) is 17.1. The standard InChI is InChI=1S/C24H18Br2FN5O2S2/c1-13-18(20(33)32(30(13)2)16-6-4-3-5-7-16)17-12-36-23(28-17)31-21(34)24(26,29-22(31)35)19(25)14-8-10-15(27)11-9-14/h3-12,19H,1-2H3,(H,29,35). The lowest BCUT2D eigenvalue weighted by Crippen LogP contribution is -2.44. The largest absolute Gasteiger partial charge is 0.338 e. The van der Waals surface area contributed by atoms with Gasteiger partial charge >= 0.3 is 0 Å². The Bertz CT molecular complexity index is 1550. The van der Waals surface area contributed by atoms with Gasteiger partial charge in [-0.3, -0.25) is 14.3 Å². The predicted molar refractivity (Wildman–Crippen MR) is 150 cm³/mol. The molecule has 1 N–H and O–H groups in total. The molecule has 2 aromatic heterocycles. The number of carbonyl (C=O) groups is 1. The van der Waals surface area contributed by atoms with Crippen molar-refractivity contribution in [1.29, 1.82) is 0 Å². The fraction of sp³-hybridized carbons (Fsp3) is 0.167. The van der Waals surface area contributed by atoms with E-state index < -0.39 is 9.28 Å². The molecule has 2 atom stereocenters. The van der Waals surface area contributed by atoms with Crippen molar-refractivity contribution in [3.8, 4) is 16.9 Å². The predicted octanol–water partition coefficient (Wildman–Crippen LogP) is 5.20. The van der Waals surface area contributed by atoms with E-state index in [0.717, 1.165) is 11.4 Å². The highest BCUT2D eigenvalue weighted by Gasteiger charge is 2.54. The number of thiocarbonyl (C=S) groups is 1. The molecule has 184 valence electrons. The van der Waals surface area contributed by atoms with Gasteiger partial charge in [0.1, 0.15) is 5.82 Å². The van der Waals surface area contributed by atoms with Crippen molar-refractivity contribution in [3.05, 3.63) is 87.4 Å². The molecule has 1 aliphatic heterocycles. The Morgan fingerprint density at radius 3 is 2.47 bits per heavy atom. The fourth-order valence-corrected chi connectivity index (χ4v) is 6.65. The van der Waals surface area contributed by atoms with Gasteiger partial charge in [0.05, 0.1) is 21.8 Å². The SMILES string of the molecule is Cc1c(-c2csc(N3C(=O)C(Br)(C(Br)c4ccc(F)cc4)NC3=S)n2)c(=O)n(-c2ccccc2)n1C. The van der Waals surface area contributed by atoms with Crippen molar-refractivity contribution in [2.75, 3.05) is 4.90 Å². The number of nitrogens with zero attached hydrogens (tertiary/aromatic N) is 4. The Kier molecular flexibility index (Phi) is 6.48. The molecule has 0 bridgehead atoms. The van der Waals surface area contributed by atoms with Crippen molar-refractivity contribution in [1.82, 2.24) is 19.7 Å². The molecule has 36 heavy (non-hydrogen) atoms. The quantitative estimate of drug-likeness (QED) is 0.183. The number of amides is 1. The number of rotatable bonds is 5. The second-order valence-corrected chi connectivity index (χ2v) is 11.5. The van der Waals surface area contributed by atoms with Crippen LogP contribution in [0.2, 0.25) is 0 Å². The van der Waals surface area contributed by atoms with Crippen LogP contribution in [0.25, 0.3) is 16.9 Å². The molecule has 0 radical (unpaired) electrons. The molecule has 1 amide bonds. The van der Waals surface area contributed by atoms with E-state index in [9.17, 15) is 14.0 Å². The number of anilines is 1. The lowest BCUT2D eigenvalue weighted by Gasteiger charge is -2.26. The normalized spacial score (nSPS) is 18.5. The third-order valence-corrected chi connectivity index (χ3v) is 9.95. The smallest absolute Gasteiger partial charge is 0.281 e. The minimum atomic E-state index is -1.31. The molecule has 1 fully saturated rings. The summed E-state index contributed by atoms with van der Waals surface area (Å²) in [5.41, 5.74) is 2.85. The van der Waals surface area contributed by atoms with Crippen LogP contribution in [0.5, 0.6) is 0 Å². The number of nitrogens with one attached hydrogen (secondary N) is 1. The summed E-state index contributed by atoms with van der Waals surface area (Å²) in [6.45, 7) is 1.85. The third kappa shape index (κ3) is 3.96. The monoisotopic (exact) mass is 649 g/mol. The van der Waals surface area contributed by atoms with Gasteiger partial charge in [0.2, 0.25) is 0 Å². The Morgan fingerprint density at radius 1 is 1.14 bits per heavy atom. The Balaban J connectivity index is 1.50. The highest BCUT2D eigenvalue weighted by Crippen LogP contribution is 2.44. The number of halogens is 3. The zero-order valence-electron chi connectivity index (χ0n) is 18.9. The summed E-state index contributed by atoms with van der Waals surface area (Å²) in [5.74, 6) is -0.756. The summed E-state index contributed by atoms with van der Waals surface area (Å²) < 4.78 is 15.4. The van der Waals surface area contributed by atoms with Crippen LogP contribution >= 0.6 is 55.4 Å². The second kappa shape index (κ2) is 9.33. The van der Waals surface area contributed by atoms with Gasteiger partial charge in [-0.25, -0.2) is 19.0 Å². The molecular weight excluding hydrogens is 633 g/mol. The molecule has 2 aromatic carbocycles. The Labute approximate surface area is 231 Å². The fourth-order valence-electron chi connectivity index (χ4n) is 4.07. The number of hydrogen-bond acceptors (Lipinski definition) is 5. The Morgan fingerprint density at radius 2 is 1.81 bits per heavy atom. The van der Waals surface area contributed by atoms with Gasteiger partial charge < -0.3 is 5.32 Å². The first-order valence-corrected chi connectivity index (χ1v) is 13.7. The zero-order chi connectivity index (χ0) is 25.8. The van der Waals surface area contributed by atoms with Crippen LogP contribution in [0.1, 0.15) is 16.1 Å². The highest BCUT2D eigenvalue weighted by molar-refractivity contribution is 9.12. The van der Waals surface area contributed by atoms with Crippen LogP contribution in [-0.2, 0) is 11.8 Å². The van der Waals surface area contributed by atoms with E-state index in [4.69, 9.17) is 12.2 Å². The molecule has 12 heteroatoms. The van der Waals surface area contributed by atoms with Crippen molar-refractivity contribution in [2.24, 2.45) is 7.05 Å². The van der Waals surface area contributed by atoms with E-state index in [2.05, 4.69) is 42.2 Å². The first kappa shape index (κ1) is 25.0. The summed E-state index contributed by atoms with van der Waals surface area (Å²) in [6, 6.07) is 15.2. The van der Waals surface area contributed by atoms with Gasteiger partial charge in [-0.1, -0.05) is 46.3 Å². The lowest BCUT2D eigenvalue weighted by atomic mass is 10.1. The topological polar surface area (TPSA) is 72.2 Å². The molecule has 5 rings (SSSR count). The zero-order valence-corrected chi connectivity index (χ0v) is 23.7. The third-order valence-electron chi connectivity index (χ3n) is 6.01. The van der Waals surface area contributed by atoms with E-state index >= 15 is 0 Å². The van der Waals surface area contributed by atoms with E-state index in [-0.39, 0.29) is 22.4 Å². The molecule has 1 saturated heterocycles. The van der Waals surface area contributed by atoms with Crippen LogP contribution < -0.4 is 15.8 Å². The van der Waals surface area contributed by atoms with Gasteiger partial charge in [0.25, 0.3) is 11.5 Å². The van der Waals surface area contributed by atoms with Gasteiger partial charge in [-0.2, -0.15) is 0 Å². The summed E-state index contributed by atoms with van der Waals surface area (Å²) in [6.07, 6.45) is 0. The maximum atomic E-state index is 13.6. The van der Waals surface area contributed by atoms with Crippen molar-refractivity contribution >= 4 is 71.6 Å². The van der Waals surface area contributed by atoms with E-state index in [1.807, 2.05) is 44.3 Å². The molecule has 0 saturated carbocycles. The van der Waals surface area contributed by atoms with Crippen molar-refractivity contribution in [3.63, 3.8) is 0 Å². The molecule has 0 aliphatic carbocycles. The average molecular weight is 651 g/mol. The minimum absolute atomic E-state index is 0.163. The maximum absolute atomic E-state index is 13.6. The number of aromatic nitrogens is 3. The van der Waals surface area contributed by atoms with Gasteiger partial charge in [-0.15, -0.1) is 11.3 Å². The van der Waals surface area contributed by atoms with Crippen LogP contribution in [0.4, 0.5) is 9.52 Å². The summed E-state index contributed by atoms with van der Waals surface area (Å²) in [5, 5.41) is 5.27. The van der Waals surface area contributed by atoms with Crippen LogP contribution in [0.3, 0.4) is 0 Å². The first-order valence-electron chi connectivity index (χ1n) is 10.7. The van der Waals surface area contributed by atoms with Crippen LogP contribution in [0.15, 0.2) is 64.8 Å². The average Bonchev–Trinajstić information content (AvgIpc) is 3.48. The molecule has 1 aliphatic rings. The molecule has 4 aromatic rings. The van der Waals surface area contributed by atoms with E-state index in [1.165, 1.54) is 28.4 Å². The van der Waals surface area contributed by atoms with Crippen molar-refractivity contribution < 1.29 is 9.18 Å². The number of para-hydroxylation sites is 1. The number of alkyl halides is 2. The van der Waals surface area contributed by atoms with Crippen LogP contribution in [0, 0.1) is 12.7 Å². The van der Waals surface area contributed by atoms with Crippen molar-refractivity contribution in [2.45, 2.75) is 16.2 Å². The molecule has 0 spiro atoms. The summed E-state index contributed by atoms with van der Waals surface area (Å²) in [7, 11) is 1.81. The van der Waals surface area contributed by atoms with Gasteiger partial charge in [-0.05, 0) is 64.9 Å². The molecule has 7 nitrogen and oxygen atoms in total. The number of hydrogen-bond donors (Lipinski definition) is 1. The lowest BCUT2D eigenvalue weighted by molar-refractivity contribution is -0.119. The van der Waals surface area contributed by atoms with Crippen LogP contribution in [-0.4, -0.2) is 29.8 Å². The number of benzene rings is 2. The van der Waals surface area contributed by atoms with E-state index in [0.29, 0.717) is 22.0 Å². The van der Waals surface area contributed by atoms with Gasteiger partial charge in [0.15, 0.2) is 14.7 Å². The molecular formula is C24H18Br2FN5O2S2. The highest BCUT2D eigenvalue weighted by atomic mass is 79.9. The maximum Gasteiger partial charge on any atom is 0.281 e. The number of thiazole rings is 1. The summed E-state index contributed by atoms with van der Waals surface area (Å²) >= 11 is 13.8. The number of carbonyl (C=O) groups excluding carboxylic acids is 1. The summed E-state index contributed by atoms with van der Waals surface area (Å²) in [4.78, 5) is 32.3. The second-order valence-electron chi connectivity index (χ2n) is 8.15.